The predicted molar refractivity (Wildman–Crippen MR) is 77.7 cm³/mol. The summed E-state index contributed by atoms with van der Waals surface area (Å²) in [7, 11) is 0. The van der Waals surface area contributed by atoms with Gasteiger partial charge in [-0.1, -0.05) is 26.7 Å². The SMILES string of the molecule is CCCC[C@H](NC(=O)NCC1CCN(CC)C1)C(=O)O. The second-order valence-corrected chi connectivity index (χ2v) is 5.44. The third-order valence-corrected chi connectivity index (χ3v) is 3.82. The second-order valence-electron chi connectivity index (χ2n) is 5.44. The van der Waals surface area contributed by atoms with Crippen LogP contribution < -0.4 is 10.6 Å². The number of urea groups is 1. The third-order valence-electron chi connectivity index (χ3n) is 3.82. The number of likely N-dealkylation sites (tertiary alicyclic amines) is 1. The predicted octanol–water partition coefficient (Wildman–Crippen LogP) is 1.27. The molecule has 1 fully saturated rings. The molecule has 116 valence electrons. The molecule has 2 amide bonds. The fourth-order valence-electron chi connectivity index (χ4n) is 2.48. The summed E-state index contributed by atoms with van der Waals surface area (Å²) in [5.41, 5.74) is 0. The van der Waals surface area contributed by atoms with E-state index in [-0.39, 0.29) is 6.03 Å². The number of unbranched alkanes of at least 4 members (excludes halogenated alkanes) is 1. The van der Waals surface area contributed by atoms with Crippen molar-refractivity contribution in [2.45, 2.75) is 45.6 Å². The average molecular weight is 285 g/mol. The highest BCUT2D eigenvalue weighted by atomic mass is 16.4. The van der Waals surface area contributed by atoms with Crippen LogP contribution in [0.2, 0.25) is 0 Å². The zero-order chi connectivity index (χ0) is 15.0. The monoisotopic (exact) mass is 285 g/mol. The minimum absolute atomic E-state index is 0.372. The molecule has 1 saturated heterocycles. The first kappa shape index (κ1) is 16.8. The van der Waals surface area contributed by atoms with Crippen LogP contribution in [0.1, 0.15) is 39.5 Å². The molecule has 1 rings (SSSR count). The largest absolute Gasteiger partial charge is 0.480 e. The van der Waals surface area contributed by atoms with E-state index in [1.807, 2.05) is 6.92 Å². The van der Waals surface area contributed by atoms with Gasteiger partial charge in [0.1, 0.15) is 6.04 Å². The molecule has 0 aliphatic carbocycles. The first-order valence-electron chi connectivity index (χ1n) is 7.56. The number of carbonyl (C=O) groups is 2. The number of rotatable bonds is 8. The first-order chi connectivity index (χ1) is 9.56. The first-order valence-corrected chi connectivity index (χ1v) is 7.56. The van der Waals surface area contributed by atoms with Crippen LogP contribution in [0, 0.1) is 5.92 Å². The van der Waals surface area contributed by atoms with Gasteiger partial charge in [0.05, 0.1) is 0 Å². The standard InChI is InChI=1S/C14H27N3O3/c1-3-5-6-12(13(18)19)16-14(20)15-9-11-7-8-17(4-2)10-11/h11-12H,3-10H2,1-2H3,(H,18,19)(H2,15,16,20)/t11?,12-/m0/s1. The molecule has 0 saturated carbocycles. The molecule has 0 bridgehead atoms. The minimum Gasteiger partial charge on any atom is -0.480 e. The van der Waals surface area contributed by atoms with Crippen molar-refractivity contribution < 1.29 is 14.7 Å². The van der Waals surface area contributed by atoms with Gasteiger partial charge in [0.25, 0.3) is 0 Å². The summed E-state index contributed by atoms with van der Waals surface area (Å²) < 4.78 is 0. The summed E-state index contributed by atoms with van der Waals surface area (Å²) in [6.45, 7) is 7.88. The number of carboxylic acid groups (broad SMARTS) is 1. The Bertz CT molecular complexity index is 323. The molecule has 2 atom stereocenters. The molecule has 0 aromatic heterocycles. The van der Waals surface area contributed by atoms with Gasteiger partial charge in [-0.15, -0.1) is 0 Å². The maximum Gasteiger partial charge on any atom is 0.326 e. The Balaban J connectivity index is 2.26. The van der Waals surface area contributed by atoms with Crippen molar-refractivity contribution in [2.24, 2.45) is 5.92 Å². The van der Waals surface area contributed by atoms with Crippen LogP contribution in [0.5, 0.6) is 0 Å². The van der Waals surface area contributed by atoms with Crippen LogP contribution in [0.15, 0.2) is 0 Å². The van der Waals surface area contributed by atoms with E-state index in [0.29, 0.717) is 18.9 Å². The molecule has 0 radical (unpaired) electrons. The van der Waals surface area contributed by atoms with E-state index >= 15 is 0 Å². The fourth-order valence-corrected chi connectivity index (χ4v) is 2.48. The number of carbonyl (C=O) groups excluding carboxylic acids is 1. The van der Waals surface area contributed by atoms with Crippen molar-refractivity contribution in [1.82, 2.24) is 15.5 Å². The highest BCUT2D eigenvalue weighted by molar-refractivity contribution is 5.82. The molecule has 6 heteroatoms. The van der Waals surface area contributed by atoms with Gasteiger partial charge < -0.3 is 20.6 Å². The maximum atomic E-state index is 11.7. The van der Waals surface area contributed by atoms with Gasteiger partial charge in [-0.2, -0.15) is 0 Å². The number of nitrogens with one attached hydrogen (secondary N) is 2. The van der Waals surface area contributed by atoms with Gasteiger partial charge in [0.15, 0.2) is 0 Å². The number of nitrogens with zero attached hydrogens (tertiary/aromatic N) is 1. The van der Waals surface area contributed by atoms with E-state index in [1.54, 1.807) is 0 Å². The Hall–Kier alpha value is -1.30. The van der Waals surface area contributed by atoms with E-state index in [1.165, 1.54) is 0 Å². The Morgan fingerprint density at radius 3 is 2.70 bits per heavy atom. The van der Waals surface area contributed by atoms with E-state index in [0.717, 1.165) is 38.9 Å². The Morgan fingerprint density at radius 2 is 2.15 bits per heavy atom. The molecule has 0 aromatic carbocycles. The van der Waals surface area contributed by atoms with Gasteiger partial charge in [-0.3, -0.25) is 0 Å². The lowest BCUT2D eigenvalue weighted by Gasteiger charge is -2.17. The number of hydrogen-bond donors (Lipinski definition) is 3. The van der Waals surface area contributed by atoms with E-state index in [4.69, 9.17) is 5.11 Å². The van der Waals surface area contributed by atoms with Gasteiger partial charge in [0.2, 0.25) is 0 Å². The molecule has 20 heavy (non-hydrogen) atoms. The highest BCUT2D eigenvalue weighted by Gasteiger charge is 2.23. The average Bonchev–Trinajstić information content (AvgIpc) is 2.88. The molecular weight excluding hydrogens is 258 g/mol. The quantitative estimate of drug-likeness (QED) is 0.627. The Morgan fingerprint density at radius 1 is 1.40 bits per heavy atom. The number of hydrogen-bond acceptors (Lipinski definition) is 3. The molecular formula is C14H27N3O3. The van der Waals surface area contributed by atoms with E-state index in [9.17, 15) is 9.59 Å². The summed E-state index contributed by atoms with van der Waals surface area (Å²) in [6.07, 6.45) is 3.28. The summed E-state index contributed by atoms with van der Waals surface area (Å²) >= 11 is 0. The maximum absolute atomic E-state index is 11.7. The molecule has 1 aliphatic rings. The zero-order valence-electron chi connectivity index (χ0n) is 12.5. The van der Waals surface area contributed by atoms with Crippen LogP contribution in [-0.4, -0.2) is 54.2 Å². The fraction of sp³-hybridized carbons (Fsp3) is 0.857. The molecule has 1 heterocycles. The molecule has 0 spiro atoms. The van der Waals surface area contributed by atoms with Crippen LogP contribution >= 0.6 is 0 Å². The molecule has 6 nitrogen and oxygen atoms in total. The van der Waals surface area contributed by atoms with Crippen LogP contribution in [0.4, 0.5) is 4.79 Å². The van der Waals surface area contributed by atoms with Crippen molar-refractivity contribution in [2.75, 3.05) is 26.2 Å². The lowest BCUT2D eigenvalue weighted by atomic mass is 10.1. The van der Waals surface area contributed by atoms with E-state index in [2.05, 4.69) is 22.5 Å². The van der Waals surface area contributed by atoms with E-state index < -0.39 is 12.0 Å². The summed E-state index contributed by atoms with van der Waals surface area (Å²) in [5, 5.41) is 14.4. The molecule has 0 aromatic rings. The molecule has 1 aliphatic heterocycles. The van der Waals surface area contributed by atoms with Gasteiger partial charge in [0, 0.05) is 13.1 Å². The second kappa shape index (κ2) is 8.79. The molecule has 3 N–H and O–H groups in total. The molecule has 1 unspecified atom stereocenters. The number of amides is 2. The number of carboxylic acids is 1. The minimum atomic E-state index is -0.966. The van der Waals surface area contributed by atoms with Gasteiger partial charge >= 0.3 is 12.0 Å². The lowest BCUT2D eigenvalue weighted by Crippen LogP contribution is -2.47. The van der Waals surface area contributed by atoms with Crippen molar-refractivity contribution >= 4 is 12.0 Å². The zero-order valence-corrected chi connectivity index (χ0v) is 12.5. The third kappa shape index (κ3) is 5.77. The van der Waals surface area contributed by atoms with Crippen LogP contribution in [0.3, 0.4) is 0 Å². The van der Waals surface area contributed by atoms with Crippen molar-refractivity contribution in [3.05, 3.63) is 0 Å². The van der Waals surface area contributed by atoms with Crippen molar-refractivity contribution in [3.63, 3.8) is 0 Å². The summed E-state index contributed by atoms with van der Waals surface area (Å²) in [6, 6.07) is -1.16. The normalized spacial score (nSPS) is 20.6. The Labute approximate surface area is 120 Å². The van der Waals surface area contributed by atoms with Crippen LogP contribution in [-0.2, 0) is 4.79 Å². The number of aliphatic carboxylic acids is 1. The van der Waals surface area contributed by atoms with Crippen LogP contribution in [0.25, 0.3) is 0 Å². The van der Waals surface area contributed by atoms with Crippen molar-refractivity contribution in [1.29, 1.82) is 0 Å². The highest BCUT2D eigenvalue weighted by Crippen LogP contribution is 2.14. The summed E-state index contributed by atoms with van der Waals surface area (Å²) in [4.78, 5) is 25.1. The van der Waals surface area contributed by atoms with Crippen molar-refractivity contribution in [3.8, 4) is 0 Å². The van der Waals surface area contributed by atoms with Gasteiger partial charge in [-0.25, -0.2) is 9.59 Å². The van der Waals surface area contributed by atoms with Gasteiger partial charge in [-0.05, 0) is 31.8 Å². The topological polar surface area (TPSA) is 81.7 Å². The lowest BCUT2D eigenvalue weighted by molar-refractivity contribution is -0.139. The summed E-state index contributed by atoms with van der Waals surface area (Å²) in [5.74, 6) is -0.494. The Kier molecular flexibility index (Phi) is 7.36. The smallest absolute Gasteiger partial charge is 0.326 e.